The quantitative estimate of drug-likeness (QED) is 0.596. The highest BCUT2D eigenvalue weighted by Gasteiger charge is 2.28. The van der Waals surface area contributed by atoms with Crippen molar-refractivity contribution in [3.05, 3.63) is 28.4 Å². The Labute approximate surface area is 97.6 Å². The number of anilines is 1. The van der Waals surface area contributed by atoms with Crippen molar-refractivity contribution in [3.8, 4) is 0 Å². The molecule has 0 aliphatic rings. The fourth-order valence-electron chi connectivity index (χ4n) is 1.06. The Balaban J connectivity index is 2.83. The first-order valence-corrected chi connectivity index (χ1v) is 4.91. The van der Waals surface area contributed by atoms with Gasteiger partial charge in [0.1, 0.15) is 0 Å². The molecule has 0 saturated heterocycles. The number of aliphatic carboxylic acids is 1. The van der Waals surface area contributed by atoms with E-state index in [-0.39, 0.29) is 18.1 Å². The van der Waals surface area contributed by atoms with Crippen LogP contribution in [0.5, 0.6) is 0 Å². The van der Waals surface area contributed by atoms with Gasteiger partial charge in [-0.15, -0.1) is 0 Å². The summed E-state index contributed by atoms with van der Waals surface area (Å²) in [5.41, 5.74) is -1.19. The molecule has 0 spiro atoms. The van der Waals surface area contributed by atoms with Gasteiger partial charge >= 0.3 is 11.7 Å². The van der Waals surface area contributed by atoms with E-state index in [0.29, 0.717) is 0 Å². The van der Waals surface area contributed by atoms with Crippen LogP contribution >= 0.6 is 0 Å². The van der Waals surface area contributed by atoms with Gasteiger partial charge in [0.05, 0.1) is 10.3 Å². The Kier molecular flexibility index (Phi) is 3.62. The van der Waals surface area contributed by atoms with Gasteiger partial charge in [0.15, 0.2) is 0 Å². The maximum atomic E-state index is 10.9. The molecular formula is C10H13N3O4. The molecular weight excluding hydrogens is 226 g/mol. The average Bonchev–Trinajstić information content (AvgIpc) is 2.26. The minimum Gasteiger partial charge on any atom is -0.481 e. The predicted molar refractivity (Wildman–Crippen MR) is 60.8 cm³/mol. The molecule has 1 rings (SSSR count). The summed E-state index contributed by atoms with van der Waals surface area (Å²) >= 11 is 0. The molecule has 0 radical (unpaired) electrons. The number of hydrogen-bond acceptors (Lipinski definition) is 5. The number of carboxylic acids is 1. The first-order chi connectivity index (χ1) is 7.84. The van der Waals surface area contributed by atoms with Gasteiger partial charge in [0.25, 0.3) is 0 Å². The van der Waals surface area contributed by atoms with Crippen LogP contribution in [0.1, 0.15) is 13.8 Å². The number of nitrogens with one attached hydrogen (secondary N) is 1. The van der Waals surface area contributed by atoms with E-state index in [1.165, 1.54) is 32.2 Å². The number of carboxylic acid groups (broad SMARTS) is 1. The van der Waals surface area contributed by atoms with Gasteiger partial charge in [0, 0.05) is 18.8 Å². The van der Waals surface area contributed by atoms with Crippen LogP contribution in [0.3, 0.4) is 0 Å². The van der Waals surface area contributed by atoms with Gasteiger partial charge in [-0.3, -0.25) is 14.9 Å². The van der Waals surface area contributed by atoms with Crippen molar-refractivity contribution in [2.24, 2.45) is 5.41 Å². The van der Waals surface area contributed by atoms with Crippen molar-refractivity contribution in [1.82, 2.24) is 4.98 Å². The molecule has 0 aliphatic carbocycles. The van der Waals surface area contributed by atoms with Gasteiger partial charge in [0.2, 0.25) is 5.82 Å². The van der Waals surface area contributed by atoms with Crippen molar-refractivity contribution >= 4 is 17.5 Å². The number of carbonyl (C=O) groups is 1. The maximum Gasteiger partial charge on any atom is 0.311 e. The van der Waals surface area contributed by atoms with Crippen molar-refractivity contribution in [2.45, 2.75) is 13.8 Å². The van der Waals surface area contributed by atoms with Gasteiger partial charge in [-0.1, -0.05) is 0 Å². The second-order valence-corrected chi connectivity index (χ2v) is 4.17. The van der Waals surface area contributed by atoms with Crippen LogP contribution in [0.2, 0.25) is 0 Å². The van der Waals surface area contributed by atoms with Crippen LogP contribution in [-0.4, -0.2) is 27.5 Å². The van der Waals surface area contributed by atoms with E-state index < -0.39 is 16.3 Å². The summed E-state index contributed by atoms with van der Waals surface area (Å²) in [5.74, 6) is -0.907. The summed E-state index contributed by atoms with van der Waals surface area (Å²) < 4.78 is 0. The third-order valence-electron chi connectivity index (χ3n) is 2.26. The molecule has 7 heteroatoms. The number of nitrogens with zero attached hydrogens (tertiary/aromatic N) is 2. The lowest BCUT2D eigenvalue weighted by Crippen LogP contribution is -2.32. The van der Waals surface area contributed by atoms with E-state index in [9.17, 15) is 14.9 Å². The molecule has 17 heavy (non-hydrogen) atoms. The van der Waals surface area contributed by atoms with E-state index in [1.807, 2.05) is 0 Å². The Morgan fingerprint density at radius 3 is 2.82 bits per heavy atom. The fourth-order valence-corrected chi connectivity index (χ4v) is 1.06. The van der Waals surface area contributed by atoms with E-state index in [4.69, 9.17) is 5.11 Å². The minimum atomic E-state index is -1.02. The standard InChI is InChI=1S/C10H13N3O4/c1-10(2,9(14)15)6-12-8-7(13(16)17)4-3-5-11-8/h3-5H,6H2,1-2H3,(H,11,12)(H,14,15). The van der Waals surface area contributed by atoms with E-state index in [1.54, 1.807) is 0 Å². The molecule has 0 fully saturated rings. The summed E-state index contributed by atoms with van der Waals surface area (Å²) in [6.07, 6.45) is 1.41. The molecule has 0 amide bonds. The van der Waals surface area contributed by atoms with Crippen LogP contribution in [0, 0.1) is 15.5 Å². The van der Waals surface area contributed by atoms with Crippen LogP contribution in [0.15, 0.2) is 18.3 Å². The summed E-state index contributed by atoms with van der Waals surface area (Å²) in [6.45, 7) is 3.11. The lowest BCUT2D eigenvalue weighted by atomic mass is 9.94. The molecule has 0 aliphatic heterocycles. The Morgan fingerprint density at radius 1 is 1.65 bits per heavy atom. The zero-order valence-electron chi connectivity index (χ0n) is 9.51. The Hall–Kier alpha value is -2.18. The highest BCUT2D eigenvalue weighted by Crippen LogP contribution is 2.23. The van der Waals surface area contributed by atoms with Crippen LogP contribution in [-0.2, 0) is 4.79 Å². The normalized spacial score (nSPS) is 10.9. The molecule has 0 bridgehead atoms. The molecule has 0 unspecified atom stereocenters. The van der Waals surface area contributed by atoms with Gasteiger partial charge in [-0.25, -0.2) is 4.98 Å². The molecule has 7 nitrogen and oxygen atoms in total. The third kappa shape index (κ3) is 3.13. The number of aromatic nitrogens is 1. The topological polar surface area (TPSA) is 105 Å². The molecule has 2 N–H and O–H groups in total. The molecule has 1 aromatic heterocycles. The molecule has 92 valence electrons. The summed E-state index contributed by atoms with van der Waals surface area (Å²) in [6, 6.07) is 2.76. The fraction of sp³-hybridized carbons (Fsp3) is 0.400. The highest BCUT2D eigenvalue weighted by molar-refractivity contribution is 5.74. The summed E-state index contributed by atoms with van der Waals surface area (Å²) in [7, 11) is 0. The second kappa shape index (κ2) is 4.77. The summed E-state index contributed by atoms with van der Waals surface area (Å²) in [5, 5.41) is 22.3. The van der Waals surface area contributed by atoms with Gasteiger partial charge in [-0.05, 0) is 19.9 Å². The third-order valence-corrected chi connectivity index (χ3v) is 2.26. The zero-order valence-corrected chi connectivity index (χ0v) is 9.51. The predicted octanol–water partition coefficient (Wildman–Crippen LogP) is 1.51. The first kappa shape index (κ1) is 12.9. The number of nitro groups is 1. The zero-order chi connectivity index (χ0) is 13.1. The average molecular weight is 239 g/mol. The van der Waals surface area contributed by atoms with E-state index in [0.717, 1.165) is 0 Å². The smallest absolute Gasteiger partial charge is 0.311 e. The van der Waals surface area contributed by atoms with E-state index in [2.05, 4.69) is 10.3 Å². The first-order valence-electron chi connectivity index (χ1n) is 4.91. The lowest BCUT2D eigenvalue weighted by Gasteiger charge is -2.19. The highest BCUT2D eigenvalue weighted by atomic mass is 16.6. The van der Waals surface area contributed by atoms with Gasteiger partial charge in [-0.2, -0.15) is 0 Å². The van der Waals surface area contributed by atoms with E-state index >= 15 is 0 Å². The monoisotopic (exact) mass is 239 g/mol. The molecule has 1 aromatic rings. The minimum absolute atomic E-state index is 0.0557. The summed E-state index contributed by atoms with van der Waals surface area (Å²) in [4.78, 5) is 24.8. The molecule has 0 atom stereocenters. The van der Waals surface area contributed by atoms with Crippen LogP contribution in [0.25, 0.3) is 0 Å². The maximum absolute atomic E-state index is 10.9. The van der Waals surface area contributed by atoms with Crippen LogP contribution in [0.4, 0.5) is 11.5 Å². The van der Waals surface area contributed by atoms with Crippen LogP contribution < -0.4 is 5.32 Å². The molecule has 1 heterocycles. The van der Waals surface area contributed by atoms with Crippen molar-refractivity contribution in [2.75, 3.05) is 11.9 Å². The number of hydrogen-bond donors (Lipinski definition) is 2. The van der Waals surface area contributed by atoms with Crippen molar-refractivity contribution < 1.29 is 14.8 Å². The van der Waals surface area contributed by atoms with Crippen molar-refractivity contribution in [3.63, 3.8) is 0 Å². The second-order valence-electron chi connectivity index (χ2n) is 4.17. The Morgan fingerprint density at radius 2 is 2.29 bits per heavy atom. The molecule has 0 saturated carbocycles. The SMILES string of the molecule is CC(C)(CNc1ncccc1[N+](=O)[O-])C(=O)O. The Bertz CT molecular complexity index is 445. The number of rotatable bonds is 5. The largest absolute Gasteiger partial charge is 0.481 e. The van der Waals surface area contributed by atoms with Gasteiger partial charge < -0.3 is 10.4 Å². The lowest BCUT2D eigenvalue weighted by molar-refractivity contribution is -0.384. The number of pyridine rings is 1. The molecule has 0 aromatic carbocycles. The van der Waals surface area contributed by atoms with Crippen molar-refractivity contribution in [1.29, 1.82) is 0 Å².